The van der Waals surface area contributed by atoms with E-state index >= 15 is 0 Å². The van der Waals surface area contributed by atoms with Gasteiger partial charge in [0.05, 0.1) is 27.5 Å². The highest BCUT2D eigenvalue weighted by Crippen LogP contribution is 2.23. The molecule has 0 aliphatic heterocycles. The van der Waals surface area contributed by atoms with Crippen molar-refractivity contribution in [3.05, 3.63) is 190 Å². The number of para-hydroxylation sites is 2. The Morgan fingerprint density at radius 2 is 0.873 bits per heavy atom. The third-order valence-electron chi connectivity index (χ3n) is 12.5. The number of carboxylic acid groups (broad SMARTS) is 2. The van der Waals surface area contributed by atoms with Crippen molar-refractivity contribution < 1.29 is 41.0 Å². The number of hydrogen-bond donors (Lipinski definition) is 4. The minimum atomic E-state index is -3.57. The summed E-state index contributed by atoms with van der Waals surface area (Å²) in [5.41, 5.74) is 9.43. The molecule has 0 heterocycles. The zero-order chi connectivity index (χ0) is 51.1. The van der Waals surface area contributed by atoms with Crippen molar-refractivity contribution in [2.24, 2.45) is 0 Å². The summed E-state index contributed by atoms with van der Waals surface area (Å²) in [7, 11) is -6.79. The average molecular weight is 1010 g/mol. The van der Waals surface area contributed by atoms with Crippen LogP contribution >= 0.6 is 0 Å². The van der Waals surface area contributed by atoms with Gasteiger partial charge < -0.3 is 20.8 Å². The van der Waals surface area contributed by atoms with Crippen LogP contribution in [0.25, 0.3) is 0 Å². The van der Waals surface area contributed by atoms with Crippen molar-refractivity contribution in [1.82, 2.24) is 0 Å². The van der Waals surface area contributed by atoms with E-state index in [-0.39, 0.29) is 16.4 Å². The Balaban J connectivity index is 0.000000264. The van der Waals surface area contributed by atoms with Crippen LogP contribution in [0.2, 0.25) is 0 Å². The number of sulfone groups is 2. The summed E-state index contributed by atoms with van der Waals surface area (Å²) in [6.07, 6.45) is 12.4. The molecule has 6 aromatic rings. The number of benzene rings is 6. The minimum Gasteiger partial charge on any atom is -0.478 e. The molecule has 10 nitrogen and oxygen atoms in total. The maximum Gasteiger partial charge on any atom is 0.335 e. The van der Waals surface area contributed by atoms with Gasteiger partial charge in [-0.3, -0.25) is 0 Å². The van der Waals surface area contributed by atoms with E-state index in [0.29, 0.717) is 28.9 Å². The molecule has 0 fully saturated rings. The molecule has 0 bridgehead atoms. The Hall–Kier alpha value is -6.31. The van der Waals surface area contributed by atoms with Gasteiger partial charge in [-0.15, -0.1) is 0 Å². The van der Waals surface area contributed by atoms with Gasteiger partial charge in [-0.05, 0) is 148 Å². The summed E-state index contributed by atoms with van der Waals surface area (Å²) >= 11 is 0. The first kappa shape index (κ1) is 55.6. The highest BCUT2D eigenvalue weighted by Gasteiger charge is 2.19. The Bertz CT molecular complexity index is 2850. The normalized spacial score (nSPS) is 11.4. The van der Waals surface area contributed by atoms with Gasteiger partial charge >= 0.3 is 11.9 Å². The molecule has 6 rings (SSSR count). The van der Waals surface area contributed by atoms with Crippen LogP contribution in [0.3, 0.4) is 0 Å². The second-order valence-electron chi connectivity index (χ2n) is 18.0. The van der Waals surface area contributed by atoms with E-state index in [1.807, 2.05) is 74.5 Å². The molecule has 0 aliphatic carbocycles. The van der Waals surface area contributed by atoms with Crippen molar-refractivity contribution in [2.45, 2.75) is 114 Å². The molecule has 0 saturated heterocycles. The monoisotopic (exact) mass is 1000 g/mol. The SMILES string of the molecule is Cc1ccc(S(=O)(=O)CCCCCCCNc2ccccc2CCc2ccc(C(=O)O)cc2)c(C)c1.O=C(O)c1ccc(CCc2ccccc2NCCCCCCCS(=O)(=O)c2ccccc2F)cc1. The fourth-order valence-electron chi connectivity index (χ4n) is 8.41. The number of halogens is 1. The summed E-state index contributed by atoms with van der Waals surface area (Å²) in [4.78, 5) is 22.3. The van der Waals surface area contributed by atoms with Crippen molar-refractivity contribution in [3.63, 3.8) is 0 Å². The predicted octanol–water partition coefficient (Wildman–Crippen LogP) is 12.8. The van der Waals surface area contributed by atoms with Crippen LogP contribution in [0.4, 0.5) is 15.8 Å². The lowest BCUT2D eigenvalue weighted by Gasteiger charge is -2.12. The number of carbonyl (C=O) groups is 2. The molecule has 0 aromatic heterocycles. The van der Waals surface area contributed by atoms with Crippen LogP contribution in [0, 0.1) is 19.7 Å². The van der Waals surface area contributed by atoms with Crippen LogP contribution in [0.15, 0.2) is 149 Å². The van der Waals surface area contributed by atoms with E-state index < -0.39 is 37.4 Å². The van der Waals surface area contributed by atoms with Crippen LogP contribution in [0.1, 0.15) is 118 Å². The highest BCUT2D eigenvalue weighted by atomic mass is 32.2. The first-order valence-corrected chi connectivity index (χ1v) is 28.0. The van der Waals surface area contributed by atoms with Crippen molar-refractivity contribution >= 4 is 43.0 Å². The number of aryl methyl sites for hydroxylation is 6. The van der Waals surface area contributed by atoms with Crippen molar-refractivity contribution in [1.29, 1.82) is 0 Å². The first-order valence-electron chi connectivity index (χ1n) is 24.7. The van der Waals surface area contributed by atoms with E-state index in [4.69, 9.17) is 10.2 Å². The lowest BCUT2D eigenvalue weighted by Crippen LogP contribution is -2.09. The second kappa shape index (κ2) is 28.5. The standard InChI is InChI=1S/C30H37NO4S.C28H32FNO4S/c1-23-12-19-29(24(2)22-23)36(34,35)21-9-5-3-4-8-20-31-28-11-7-6-10-26(28)16-13-25-14-17-27(18-15-25)30(32)33;29-25-11-5-7-13-27(25)35(33,34)21-9-3-1-2-8-20-30-26-12-6-4-10-23(26)17-14-22-15-18-24(19-16-22)28(31)32/h6-7,10-12,14-15,17-19,22,31H,3-5,8-9,13,16,20-21H2,1-2H3,(H,32,33);4-7,10-13,15-16,18-19,30H,1-3,8-9,14,17,20-21H2,(H,31,32). The molecular formula is C58H69FN2O8S2. The Kier molecular flexibility index (Phi) is 22.3. The van der Waals surface area contributed by atoms with E-state index in [1.54, 1.807) is 36.4 Å². The van der Waals surface area contributed by atoms with E-state index in [0.717, 1.165) is 124 Å². The number of anilines is 2. The Morgan fingerprint density at radius 3 is 1.32 bits per heavy atom. The Morgan fingerprint density at radius 1 is 0.465 bits per heavy atom. The van der Waals surface area contributed by atoms with Gasteiger partial charge in [0.25, 0.3) is 0 Å². The largest absolute Gasteiger partial charge is 0.478 e. The van der Waals surface area contributed by atoms with Gasteiger partial charge in [0.1, 0.15) is 10.7 Å². The van der Waals surface area contributed by atoms with Crippen molar-refractivity contribution in [2.75, 3.05) is 35.2 Å². The number of aromatic carboxylic acids is 2. The van der Waals surface area contributed by atoms with E-state index in [9.17, 15) is 30.8 Å². The van der Waals surface area contributed by atoms with Crippen LogP contribution in [0.5, 0.6) is 0 Å². The summed E-state index contributed by atoms with van der Waals surface area (Å²) in [6, 6.07) is 41.6. The zero-order valence-corrected chi connectivity index (χ0v) is 42.7. The first-order chi connectivity index (χ1) is 34.1. The molecule has 6 aromatic carbocycles. The molecule has 0 radical (unpaired) electrons. The van der Waals surface area contributed by atoms with Gasteiger partial charge in [0.15, 0.2) is 19.7 Å². The molecule has 0 spiro atoms. The lowest BCUT2D eigenvalue weighted by molar-refractivity contribution is 0.0686. The number of rotatable bonds is 28. The van der Waals surface area contributed by atoms with Gasteiger partial charge in [-0.1, -0.05) is 129 Å². The molecule has 4 N–H and O–H groups in total. The second-order valence-corrected chi connectivity index (χ2v) is 22.2. The van der Waals surface area contributed by atoms with Gasteiger partial charge in [-0.25, -0.2) is 30.8 Å². The third-order valence-corrected chi connectivity index (χ3v) is 16.2. The zero-order valence-electron chi connectivity index (χ0n) is 41.0. The third kappa shape index (κ3) is 18.8. The molecule has 0 saturated carbocycles. The average Bonchev–Trinajstić information content (AvgIpc) is 3.35. The fourth-order valence-corrected chi connectivity index (χ4v) is 11.5. The summed E-state index contributed by atoms with van der Waals surface area (Å²) < 4.78 is 63.6. The maximum atomic E-state index is 13.7. The van der Waals surface area contributed by atoms with Crippen LogP contribution in [-0.4, -0.2) is 63.6 Å². The van der Waals surface area contributed by atoms with Gasteiger partial charge in [0, 0.05) is 24.5 Å². The summed E-state index contributed by atoms with van der Waals surface area (Å²) in [5.74, 6) is -2.33. The van der Waals surface area contributed by atoms with Crippen LogP contribution in [-0.2, 0) is 45.4 Å². The molecule has 378 valence electrons. The number of unbranched alkanes of at least 4 members (excludes halogenated alkanes) is 8. The lowest BCUT2D eigenvalue weighted by atomic mass is 10.0. The summed E-state index contributed by atoms with van der Waals surface area (Å²) in [6.45, 7) is 5.55. The molecular weight excluding hydrogens is 936 g/mol. The number of nitrogens with one attached hydrogen (secondary N) is 2. The maximum absolute atomic E-state index is 13.7. The molecule has 0 amide bonds. The topological polar surface area (TPSA) is 167 Å². The number of carboxylic acids is 2. The van der Waals surface area contributed by atoms with E-state index in [1.165, 1.54) is 29.3 Å². The van der Waals surface area contributed by atoms with Crippen LogP contribution < -0.4 is 10.6 Å². The van der Waals surface area contributed by atoms with E-state index in [2.05, 4.69) is 34.9 Å². The molecule has 0 unspecified atom stereocenters. The molecule has 0 aliphatic rings. The molecule has 13 heteroatoms. The number of hydrogen-bond acceptors (Lipinski definition) is 8. The van der Waals surface area contributed by atoms with Crippen molar-refractivity contribution in [3.8, 4) is 0 Å². The smallest absolute Gasteiger partial charge is 0.335 e. The fraction of sp³-hybridized carbons (Fsp3) is 0.345. The molecule has 0 atom stereocenters. The summed E-state index contributed by atoms with van der Waals surface area (Å²) in [5, 5.41) is 25.1. The van der Waals surface area contributed by atoms with Gasteiger partial charge in [0.2, 0.25) is 0 Å². The quantitative estimate of drug-likeness (QED) is 0.0347. The highest BCUT2D eigenvalue weighted by molar-refractivity contribution is 7.91. The Labute approximate surface area is 420 Å². The predicted molar refractivity (Wildman–Crippen MR) is 284 cm³/mol. The van der Waals surface area contributed by atoms with Gasteiger partial charge in [-0.2, -0.15) is 0 Å². The molecule has 71 heavy (non-hydrogen) atoms. The minimum absolute atomic E-state index is 0.0292.